The molecule has 1 amide bonds. The number of amides is 1. The van der Waals surface area contributed by atoms with E-state index in [-0.39, 0.29) is 11.7 Å². The molecule has 1 fully saturated rings. The molecule has 5 unspecified atom stereocenters. The van der Waals surface area contributed by atoms with E-state index in [4.69, 9.17) is 22.1 Å². The number of aliphatic hydroxyl groups excluding tert-OH is 4. The van der Waals surface area contributed by atoms with Gasteiger partial charge in [-0.25, -0.2) is 4.68 Å². The second-order valence-corrected chi connectivity index (χ2v) is 6.54. The quantitative estimate of drug-likeness (QED) is 0.198. The zero-order chi connectivity index (χ0) is 20.3. The Balaban J connectivity index is 1.50. The molecule has 0 radical (unpaired) electrons. The maximum atomic E-state index is 12.1. The van der Waals surface area contributed by atoms with Crippen LogP contribution in [0.2, 0.25) is 0 Å². The summed E-state index contributed by atoms with van der Waals surface area (Å²) in [4.78, 5) is 12.1. The molecule has 1 aromatic carbocycles. The molecular weight excluding hydrogens is 392 g/mol. The van der Waals surface area contributed by atoms with Crippen LogP contribution in [-0.2, 0) is 16.1 Å². The summed E-state index contributed by atoms with van der Waals surface area (Å²) in [5.74, 6) is -0.464. The Labute approximate surface area is 164 Å². The summed E-state index contributed by atoms with van der Waals surface area (Å²) in [6.07, 6.45) is -6.80. The monoisotopic (exact) mass is 412 g/mol. The van der Waals surface area contributed by atoms with Gasteiger partial charge in [0, 0.05) is 0 Å². The van der Waals surface area contributed by atoms with Gasteiger partial charge in [-0.2, -0.15) is 0 Å². The molecule has 1 aliphatic rings. The van der Waals surface area contributed by atoms with Crippen molar-refractivity contribution in [2.75, 3.05) is 6.61 Å². The minimum Gasteiger partial charge on any atom is -0.394 e. The lowest BCUT2D eigenvalue weighted by molar-refractivity contribution is -0.232. The van der Waals surface area contributed by atoms with Crippen LogP contribution in [0.15, 0.2) is 24.3 Å². The van der Waals surface area contributed by atoms with Crippen LogP contribution in [0.3, 0.4) is 0 Å². The van der Waals surface area contributed by atoms with Gasteiger partial charge in [0.05, 0.1) is 12.1 Å². The summed E-state index contributed by atoms with van der Waals surface area (Å²) in [6.45, 7) is -0.678. The average Bonchev–Trinajstić information content (AvgIpc) is 3.09. The number of carbonyl (C=O) groups is 1. The molecule has 2 heterocycles. The fraction of sp³-hybridized carbons (Fsp3) is 0.467. The first kappa shape index (κ1) is 20.3. The summed E-state index contributed by atoms with van der Waals surface area (Å²) < 4.78 is 6.67. The average molecular weight is 412 g/mol. The van der Waals surface area contributed by atoms with Crippen LogP contribution in [0.4, 0.5) is 0 Å². The van der Waals surface area contributed by atoms with Crippen molar-refractivity contribution in [3.05, 3.63) is 24.3 Å². The molecule has 0 bridgehead atoms. The summed E-state index contributed by atoms with van der Waals surface area (Å²) in [5.41, 5.74) is 6.14. The number of nitrogens with zero attached hydrogens (tertiary/aromatic N) is 3. The Hall–Kier alpha value is -2.42. The predicted octanol–water partition coefficient (Wildman–Crippen LogP) is -3.27. The van der Waals surface area contributed by atoms with Gasteiger partial charge >= 0.3 is 0 Å². The third kappa shape index (κ3) is 4.35. The maximum absolute atomic E-state index is 12.1. The summed E-state index contributed by atoms with van der Waals surface area (Å²) in [6, 6.07) is 7.17. The van der Waals surface area contributed by atoms with E-state index in [1.807, 2.05) is 6.07 Å². The van der Waals surface area contributed by atoms with Gasteiger partial charge in [-0.1, -0.05) is 17.3 Å². The summed E-state index contributed by atoms with van der Waals surface area (Å²) in [7, 11) is 0. The number of hydrogen-bond donors (Lipinski definition) is 7. The number of ether oxygens (including phenoxy) is 1. The molecular formula is C15H20N6O6S. The zero-order valence-electron chi connectivity index (χ0n) is 14.5. The molecule has 0 spiro atoms. The number of aliphatic hydroxyl groups is 4. The van der Waals surface area contributed by atoms with Crippen LogP contribution in [0.1, 0.15) is 0 Å². The van der Waals surface area contributed by atoms with E-state index in [9.17, 15) is 20.1 Å². The van der Waals surface area contributed by atoms with E-state index in [0.29, 0.717) is 11.0 Å². The van der Waals surface area contributed by atoms with E-state index < -0.39 is 43.2 Å². The molecule has 12 nitrogen and oxygen atoms in total. The highest BCUT2D eigenvalue weighted by Crippen LogP contribution is 2.19. The maximum Gasteiger partial charge on any atom is 0.260 e. The Kier molecular flexibility index (Phi) is 6.33. The number of rotatable bonds is 4. The molecule has 1 saturated heterocycles. The van der Waals surface area contributed by atoms with Crippen molar-refractivity contribution in [2.45, 2.75) is 37.2 Å². The number of aromatic nitrogens is 3. The topological polar surface area (TPSA) is 174 Å². The normalized spacial score (nSPS) is 27.4. The molecule has 5 atom stereocenters. The van der Waals surface area contributed by atoms with Gasteiger partial charge < -0.3 is 30.5 Å². The number of hydrogen-bond acceptors (Lipinski definition) is 9. The second kappa shape index (κ2) is 8.72. The number of thiocarbonyl (C=S) groups is 1. The third-order valence-electron chi connectivity index (χ3n) is 4.19. The van der Waals surface area contributed by atoms with Gasteiger partial charge in [-0.3, -0.25) is 15.6 Å². The van der Waals surface area contributed by atoms with E-state index in [2.05, 4.69) is 26.5 Å². The number of hydrazine groups is 1. The lowest BCUT2D eigenvalue weighted by Crippen LogP contribution is -2.64. The van der Waals surface area contributed by atoms with Crippen molar-refractivity contribution in [1.82, 2.24) is 31.2 Å². The first-order valence-electron chi connectivity index (χ1n) is 8.35. The molecule has 28 heavy (non-hydrogen) atoms. The SMILES string of the molecule is O=C(Cn1nnc2ccccc21)NNC(=S)NC1OC(CO)C(O)C(O)C1O. The molecule has 0 saturated carbocycles. The highest BCUT2D eigenvalue weighted by atomic mass is 32.1. The highest BCUT2D eigenvalue weighted by Gasteiger charge is 2.43. The molecule has 1 aromatic heterocycles. The third-order valence-corrected chi connectivity index (χ3v) is 4.41. The van der Waals surface area contributed by atoms with Crippen LogP contribution in [0.5, 0.6) is 0 Å². The van der Waals surface area contributed by atoms with E-state index in [1.54, 1.807) is 18.2 Å². The van der Waals surface area contributed by atoms with E-state index in [1.165, 1.54) is 4.68 Å². The molecule has 13 heteroatoms. The van der Waals surface area contributed by atoms with Crippen LogP contribution in [-0.4, -0.2) is 83.7 Å². The van der Waals surface area contributed by atoms with Gasteiger partial charge in [-0.15, -0.1) is 5.10 Å². The summed E-state index contributed by atoms with van der Waals surface area (Å²) >= 11 is 5.00. The van der Waals surface area contributed by atoms with E-state index >= 15 is 0 Å². The minimum atomic E-state index is -1.54. The summed E-state index contributed by atoms with van der Waals surface area (Å²) in [5, 5.41) is 48.9. The van der Waals surface area contributed by atoms with Crippen LogP contribution >= 0.6 is 12.2 Å². The molecule has 0 aliphatic carbocycles. The van der Waals surface area contributed by atoms with Crippen molar-refractivity contribution in [3.63, 3.8) is 0 Å². The number of nitrogens with one attached hydrogen (secondary N) is 3. The Morgan fingerprint density at radius 1 is 1.18 bits per heavy atom. The molecule has 152 valence electrons. The standard InChI is InChI=1S/C15H20N6O6S/c22-6-9-11(24)12(25)13(26)14(27-9)16-15(28)19-18-10(23)5-21-8-4-2-1-3-7(8)17-20-21/h1-4,9,11-14,22,24-26H,5-6H2,(H,18,23)(H2,16,19,28). The van der Waals surface area contributed by atoms with Crippen molar-refractivity contribution in [3.8, 4) is 0 Å². The first-order valence-corrected chi connectivity index (χ1v) is 8.75. The first-order chi connectivity index (χ1) is 13.4. The smallest absolute Gasteiger partial charge is 0.260 e. The zero-order valence-corrected chi connectivity index (χ0v) is 15.3. The van der Waals surface area contributed by atoms with Crippen LogP contribution in [0.25, 0.3) is 11.0 Å². The number of carbonyl (C=O) groups excluding carboxylic acids is 1. The minimum absolute atomic E-state index is 0.110. The van der Waals surface area contributed by atoms with Crippen LogP contribution in [0, 0.1) is 0 Å². The fourth-order valence-electron chi connectivity index (χ4n) is 2.72. The van der Waals surface area contributed by atoms with Gasteiger partial charge in [0.1, 0.15) is 36.5 Å². The van der Waals surface area contributed by atoms with Gasteiger partial charge in [0.25, 0.3) is 5.91 Å². The number of para-hydroxylation sites is 1. The van der Waals surface area contributed by atoms with Gasteiger partial charge in [-0.05, 0) is 24.4 Å². The molecule has 1 aliphatic heterocycles. The fourth-order valence-corrected chi connectivity index (χ4v) is 2.89. The Morgan fingerprint density at radius 2 is 1.93 bits per heavy atom. The molecule has 2 aromatic rings. The lowest BCUT2D eigenvalue weighted by Gasteiger charge is -2.40. The van der Waals surface area contributed by atoms with Crippen molar-refractivity contribution >= 4 is 34.3 Å². The second-order valence-electron chi connectivity index (χ2n) is 6.13. The van der Waals surface area contributed by atoms with Crippen molar-refractivity contribution in [2.24, 2.45) is 0 Å². The van der Waals surface area contributed by atoms with Crippen LogP contribution < -0.4 is 16.2 Å². The largest absolute Gasteiger partial charge is 0.394 e. The van der Waals surface area contributed by atoms with E-state index in [0.717, 1.165) is 0 Å². The van der Waals surface area contributed by atoms with Gasteiger partial charge in [0.2, 0.25) is 0 Å². The Bertz CT molecular complexity index is 847. The highest BCUT2D eigenvalue weighted by molar-refractivity contribution is 7.80. The predicted molar refractivity (Wildman–Crippen MR) is 98.3 cm³/mol. The molecule has 3 rings (SSSR count). The van der Waals surface area contributed by atoms with Crippen molar-refractivity contribution in [1.29, 1.82) is 0 Å². The number of benzene rings is 1. The lowest BCUT2D eigenvalue weighted by atomic mass is 9.98. The van der Waals surface area contributed by atoms with Crippen molar-refractivity contribution < 1.29 is 30.0 Å². The molecule has 7 N–H and O–H groups in total. The van der Waals surface area contributed by atoms with Gasteiger partial charge in [0.15, 0.2) is 11.3 Å². The number of fused-ring (bicyclic) bond motifs is 1. The Morgan fingerprint density at radius 3 is 2.68 bits per heavy atom.